The Hall–Kier alpha value is -2.25. The van der Waals surface area contributed by atoms with Crippen LogP contribution in [-0.2, 0) is 11.3 Å². The van der Waals surface area contributed by atoms with Crippen molar-refractivity contribution in [1.82, 2.24) is 15.2 Å². The molecule has 1 aromatic heterocycles. The number of hydrogen-bond acceptors (Lipinski definition) is 5. The minimum absolute atomic E-state index is 0.0471. The lowest BCUT2D eigenvalue weighted by molar-refractivity contribution is -0.118. The van der Waals surface area contributed by atoms with Gasteiger partial charge in [-0.15, -0.1) is 11.3 Å². The summed E-state index contributed by atoms with van der Waals surface area (Å²) in [5.41, 5.74) is 2.62. The molecule has 0 radical (unpaired) electrons. The number of piperidine rings is 1. The number of carbonyl (C=O) groups is 2. The van der Waals surface area contributed by atoms with Gasteiger partial charge in [0.2, 0.25) is 5.91 Å². The zero-order chi connectivity index (χ0) is 21.7. The molecule has 2 aromatic rings. The van der Waals surface area contributed by atoms with Crippen molar-refractivity contribution in [1.29, 1.82) is 0 Å². The molecular weight excluding hydrogens is 396 g/mol. The molecule has 2 amide bonds. The highest BCUT2D eigenvalue weighted by Crippen LogP contribution is 2.21. The van der Waals surface area contributed by atoms with Crippen molar-refractivity contribution in [2.45, 2.75) is 53.1 Å². The van der Waals surface area contributed by atoms with E-state index in [2.05, 4.69) is 27.4 Å². The van der Waals surface area contributed by atoms with Crippen LogP contribution in [-0.4, -0.2) is 40.8 Å². The molecule has 0 aliphatic carbocycles. The van der Waals surface area contributed by atoms with Gasteiger partial charge in [-0.05, 0) is 56.8 Å². The van der Waals surface area contributed by atoms with Gasteiger partial charge in [0.15, 0.2) is 5.13 Å². The second-order valence-corrected chi connectivity index (χ2v) is 9.51. The lowest BCUT2D eigenvalue weighted by atomic mass is 9.99. The third kappa shape index (κ3) is 6.12. The third-order valence-electron chi connectivity index (χ3n) is 5.59. The van der Waals surface area contributed by atoms with E-state index < -0.39 is 6.04 Å². The van der Waals surface area contributed by atoms with Crippen molar-refractivity contribution in [3.05, 3.63) is 46.5 Å². The topological polar surface area (TPSA) is 74.3 Å². The maximum Gasteiger partial charge on any atom is 0.251 e. The van der Waals surface area contributed by atoms with Crippen LogP contribution >= 0.6 is 11.3 Å². The Bertz CT molecular complexity index is 854. The number of rotatable bonds is 7. The van der Waals surface area contributed by atoms with Crippen molar-refractivity contribution in [2.24, 2.45) is 11.8 Å². The standard InChI is InChI=1S/C23H32N4O2S/c1-15(2)20(25-21(28)18-7-5-16(3)6-8-18)22(29)26-23-24-19(14-30-23)13-27-11-9-17(4)10-12-27/h5-8,14-15,17,20H,9-13H2,1-4H3,(H,25,28)(H,24,26,29). The molecule has 0 spiro atoms. The van der Waals surface area contributed by atoms with Crippen LogP contribution in [0.5, 0.6) is 0 Å². The van der Waals surface area contributed by atoms with Gasteiger partial charge in [-0.2, -0.15) is 0 Å². The van der Waals surface area contributed by atoms with Gasteiger partial charge in [0, 0.05) is 17.5 Å². The Balaban J connectivity index is 1.58. The van der Waals surface area contributed by atoms with Crippen LogP contribution in [0.25, 0.3) is 0 Å². The minimum atomic E-state index is -0.630. The monoisotopic (exact) mass is 428 g/mol. The molecule has 2 heterocycles. The maximum absolute atomic E-state index is 12.8. The van der Waals surface area contributed by atoms with Gasteiger partial charge in [0.25, 0.3) is 5.91 Å². The lowest BCUT2D eigenvalue weighted by Gasteiger charge is -2.29. The number of aryl methyl sites for hydroxylation is 1. The molecule has 1 aliphatic heterocycles. The Labute approximate surface area is 183 Å². The van der Waals surface area contributed by atoms with E-state index in [0.29, 0.717) is 10.7 Å². The van der Waals surface area contributed by atoms with Gasteiger partial charge in [-0.1, -0.05) is 38.5 Å². The first-order valence-electron chi connectivity index (χ1n) is 10.7. The van der Waals surface area contributed by atoms with Gasteiger partial charge in [-0.3, -0.25) is 14.5 Å². The lowest BCUT2D eigenvalue weighted by Crippen LogP contribution is -2.47. The summed E-state index contributed by atoms with van der Waals surface area (Å²) in [7, 11) is 0. The van der Waals surface area contributed by atoms with Gasteiger partial charge in [-0.25, -0.2) is 4.98 Å². The molecule has 162 valence electrons. The first-order valence-corrected chi connectivity index (χ1v) is 11.5. The third-order valence-corrected chi connectivity index (χ3v) is 6.40. The van der Waals surface area contributed by atoms with Gasteiger partial charge in [0.05, 0.1) is 5.69 Å². The highest BCUT2D eigenvalue weighted by atomic mass is 32.1. The number of nitrogens with zero attached hydrogens (tertiary/aromatic N) is 2. The van der Waals surface area contributed by atoms with E-state index in [1.165, 1.54) is 24.2 Å². The predicted octanol–water partition coefficient (Wildman–Crippen LogP) is 4.08. The van der Waals surface area contributed by atoms with E-state index in [1.54, 1.807) is 12.1 Å². The molecule has 30 heavy (non-hydrogen) atoms. The van der Waals surface area contributed by atoms with Crippen LogP contribution in [0.15, 0.2) is 29.6 Å². The molecule has 7 heteroatoms. The highest BCUT2D eigenvalue weighted by molar-refractivity contribution is 7.13. The Kier molecular flexibility index (Phi) is 7.61. The summed E-state index contributed by atoms with van der Waals surface area (Å²) in [5, 5.41) is 8.34. The van der Waals surface area contributed by atoms with E-state index >= 15 is 0 Å². The van der Waals surface area contributed by atoms with E-state index in [0.717, 1.165) is 36.8 Å². The first kappa shape index (κ1) is 22.4. The number of benzene rings is 1. The van der Waals surface area contributed by atoms with E-state index in [9.17, 15) is 9.59 Å². The molecule has 0 saturated carbocycles. The molecular formula is C23H32N4O2S. The van der Waals surface area contributed by atoms with Crippen LogP contribution in [0.1, 0.15) is 55.2 Å². The maximum atomic E-state index is 12.8. The average molecular weight is 429 g/mol. The largest absolute Gasteiger partial charge is 0.340 e. The second kappa shape index (κ2) is 10.2. The number of aromatic nitrogens is 1. The van der Waals surface area contributed by atoms with Gasteiger partial charge < -0.3 is 10.6 Å². The molecule has 2 N–H and O–H groups in total. The quantitative estimate of drug-likeness (QED) is 0.697. The number of carbonyl (C=O) groups excluding carboxylic acids is 2. The Morgan fingerprint density at radius 3 is 2.50 bits per heavy atom. The van der Waals surface area contributed by atoms with Crippen molar-refractivity contribution in [3.8, 4) is 0 Å². The van der Waals surface area contributed by atoms with Gasteiger partial charge >= 0.3 is 0 Å². The summed E-state index contributed by atoms with van der Waals surface area (Å²) in [6, 6.07) is 6.69. The van der Waals surface area contributed by atoms with Crippen molar-refractivity contribution in [3.63, 3.8) is 0 Å². The summed E-state index contributed by atoms with van der Waals surface area (Å²) in [6.45, 7) is 11.1. The SMILES string of the molecule is Cc1ccc(C(=O)NC(C(=O)Nc2nc(CN3CCC(C)CC3)cs2)C(C)C)cc1. The van der Waals surface area contributed by atoms with Crippen LogP contribution in [0, 0.1) is 18.8 Å². The fourth-order valence-electron chi connectivity index (χ4n) is 3.53. The normalized spacial score (nSPS) is 16.4. The van der Waals surface area contributed by atoms with Gasteiger partial charge in [0.1, 0.15) is 6.04 Å². The summed E-state index contributed by atoms with van der Waals surface area (Å²) in [6.07, 6.45) is 2.45. The van der Waals surface area contributed by atoms with Crippen LogP contribution in [0.3, 0.4) is 0 Å². The molecule has 3 rings (SSSR count). The molecule has 1 unspecified atom stereocenters. The van der Waals surface area contributed by atoms with E-state index in [4.69, 9.17) is 0 Å². The molecule has 1 fully saturated rings. The number of nitrogens with one attached hydrogen (secondary N) is 2. The number of hydrogen-bond donors (Lipinski definition) is 2. The summed E-state index contributed by atoms with van der Waals surface area (Å²) >= 11 is 1.43. The summed E-state index contributed by atoms with van der Waals surface area (Å²) in [5.74, 6) is 0.268. The molecule has 1 saturated heterocycles. The van der Waals surface area contributed by atoms with Crippen molar-refractivity contribution < 1.29 is 9.59 Å². The second-order valence-electron chi connectivity index (χ2n) is 8.65. The van der Waals surface area contributed by atoms with Crippen LogP contribution in [0.2, 0.25) is 0 Å². The average Bonchev–Trinajstić information content (AvgIpc) is 3.14. The van der Waals surface area contributed by atoms with Crippen molar-refractivity contribution in [2.75, 3.05) is 18.4 Å². The summed E-state index contributed by atoms with van der Waals surface area (Å²) in [4.78, 5) is 32.4. The highest BCUT2D eigenvalue weighted by Gasteiger charge is 2.25. The fourth-order valence-corrected chi connectivity index (χ4v) is 4.24. The minimum Gasteiger partial charge on any atom is -0.340 e. The molecule has 0 bridgehead atoms. The number of likely N-dealkylation sites (tertiary alicyclic amines) is 1. The fraction of sp³-hybridized carbons (Fsp3) is 0.522. The summed E-state index contributed by atoms with van der Waals surface area (Å²) < 4.78 is 0. The van der Waals surface area contributed by atoms with E-state index in [-0.39, 0.29) is 17.7 Å². The predicted molar refractivity (Wildman–Crippen MR) is 122 cm³/mol. The first-order chi connectivity index (χ1) is 14.3. The number of amides is 2. The number of thiazole rings is 1. The van der Waals surface area contributed by atoms with E-state index in [1.807, 2.05) is 38.3 Å². The molecule has 6 nitrogen and oxygen atoms in total. The van der Waals surface area contributed by atoms with Crippen molar-refractivity contribution >= 4 is 28.3 Å². The Morgan fingerprint density at radius 1 is 1.20 bits per heavy atom. The zero-order valence-electron chi connectivity index (χ0n) is 18.3. The zero-order valence-corrected chi connectivity index (χ0v) is 19.1. The smallest absolute Gasteiger partial charge is 0.251 e. The van der Waals surface area contributed by atoms with Crippen LogP contribution < -0.4 is 10.6 Å². The molecule has 1 aliphatic rings. The Morgan fingerprint density at radius 2 is 1.87 bits per heavy atom. The molecule has 1 aromatic carbocycles. The van der Waals surface area contributed by atoms with Crippen LogP contribution in [0.4, 0.5) is 5.13 Å². The number of anilines is 1. The molecule has 1 atom stereocenters.